The molecule has 0 aliphatic carbocycles. The Morgan fingerprint density at radius 3 is 2.85 bits per heavy atom. The van der Waals surface area contributed by atoms with Crippen LogP contribution in [0.15, 0.2) is 20.8 Å². The summed E-state index contributed by atoms with van der Waals surface area (Å²) in [4.78, 5) is 0. The molecule has 1 N–H and O–H groups in total. The van der Waals surface area contributed by atoms with E-state index in [1.54, 1.807) is 11.3 Å². The molecule has 0 fully saturated rings. The highest BCUT2D eigenvalue weighted by molar-refractivity contribution is 9.11. The Balaban J connectivity index is 2.76. The molecule has 1 unspecified atom stereocenters. The zero-order valence-corrected chi connectivity index (χ0v) is 10.5. The van der Waals surface area contributed by atoms with Crippen molar-refractivity contribution in [2.24, 2.45) is 0 Å². The minimum Gasteiger partial charge on any atom is -0.314 e. The number of hydrogen-bond acceptors (Lipinski definition) is 2. The van der Waals surface area contributed by atoms with Crippen molar-refractivity contribution in [1.29, 1.82) is 0 Å². The van der Waals surface area contributed by atoms with E-state index in [0.717, 1.165) is 0 Å². The maximum absolute atomic E-state index is 3.45. The molecule has 1 rings (SSSR count). The molecular weight excluding hydrogens is 246 g/mol. The topological polar surface area (TPSA) is 12.0 Å². The van der Waals surface area contributed by atoms with Crippen molar-refractivity contribution in [3.63, 3.8) is 0 Å². The van der Waals surface area contributed by atoms with Gasteiger partial charge in [0.2, 0.25) is 0 Å². The lowest BCUT2D eigenvalue weighted by Crippen LogP contribution is -2.21. The first kappa shape index (κ1) is 11.0. The Hall–Kier alpha value is -0.120. The summed E-state index contributed by atoms with van der Waals surface area (Å²) < 4.78 is 1.18. The Kier molecular flexibility index (Phi) is 4.16. The number of thiophene rings is 1. The minimum atomic E-state index is 0.443. The maximum Gasteiger partial charge on any atom is 0.0704 e. The van der Waals surface area contributed by atoms with Crippen molar-refractivity contribution in [1.82, 2.24) is 5.32 Å². The molecule has 1 atom stereocenters. The molecule has 0 saturated carbocycles. The van der Waals surface area contributed by atoms with E-state index in [1.165, 1.54) is 14.9 Å². The summed E-state index contributed by atoms with van der Waals surface area (Å²) in [6.07, 6.45) is 2.21. The quantitative estimate of drug-likeness (QED) is 0.876. The molecule has 13 heavy (non-hydrogen) atoms. The van der Waals surface area contributed by atoms with Crippen LogP contribution in [0.1, 0.15) is 19.4 Å². The zero-order valence-electron chi connectivity index (χ0n) is 8.10. The van der Waals surface area contributed by atoms with E-state index in [4.69, 9.17) is 0 Å². The second-order valence-electron chi connectivity index (χ2n) is 3.08. The summed E-state index contributed by atoms with van der Waals surface area (Å²) in [6, 6.07) is 2.58. The van der Waals surface area contributed by atoms with Crippen molar-refractivity contribution in [2.75, 3.05) is 7.05 Å². The van der Waals surface area contributed by atoms with Crippen molar-refractivity contribution in [2.45, 2.75) is 19.9 Å². The van der Waals surface area contributed by atoms with E-state index in [9.17, 15) is 0 Å². The lowest BCUT2D eigenvalue weighted by Gasteiger charge is -2.09. The fourth-order valence-electron chi connectivity index (χ4n) is 1.01. The van der Waals surface area contributed by atoms with Crippen LogP contribution < -0.4 is 5.32 Å². The second kappa shape index (κ2) is 4.94. The molecule has 1 aromatic heterocycles. The van der Waals surface area contributed by atoms with Crippen LogP contribution in [0.2, 0.25) is 0 Å². The highest BCUT2D eigenvalue weighted by Crippen LogP contribution is 2.22. The molecule has 0 saturated heterocycles. The largest absolute Gasteiger partial charge is 0.314 e. The molecule has 0 bridgehead atoms. The van der Waals surface area contributed by atoms with E-state index in [2.05, 4.69) is 52.6 Å². The summed E-state index contributed by atoms with van der Waals surface area (Å²) in [5.41, 5.74) is 2.63. The van der Waals surface area contributed by atoms with Gasteiger partial charge in [-0.2, -0.15) is 0 Å². The first-order valence-corrected chi connectivity index (χ1v) is 5.90. The maximum atomic E-state index is 3.45. The fourth-order valence-corrected chi connectivity index (χ4v) is 2.15. The van der Waals surface area contributed by atoms with E-state index < -0.39 is 0 Å². The van der Waals surface area contributed by atoms with Crippen LogP contribution in [0.4, 0.5) is 0 Å². The van der Waals surface area contributed by atoms with Crippen LogP contribution in [0.3, 0.4) is 0 Å². The third-order valence-electron chi connectivity index (χ3n) is 2.10. The summed E-state index contributed by atoms with van der Waals surface area (Å²) in [5, 5.41) is 5.36. The molecule has 1 nitrogen and oxygen atoms in total. The van der Waals surface area contributed by atoms with Crippen molar-refractivity contribution >= 4 is 33.3 Å². The van der Waals surface area contributed by atoms with Gasteiger partial charge in [-0.25, -0.2) is 0 Å². The highest BCUT2D eigenvalue weighted by atomic mass is 79.9. The third kappa shape index (κ3) is 3.25. The van der Waals surface area contributed by atoms with Crippen molar-refractivity contribution in [3.05, 3.63) is 26.4 Å². The second-order valence-corrected chi connectivity index (χ2v) is 5.37. The van der Waals surface area contributed by atoms with E-state index >= 15 is 0 Å². The van der Waals surface area contributed by atoms with Gasteiger partial charge < -0.3 is 5.32 Å². The molecule has 0 amide bonds. The SMILES string of the molecule is CNC(C)/C(C)=C/c1csc(Br)c1. The molecule has 0 aliphatic rings. The van der Waals surface area contributed by atoms with Crippen LogP contribution in [0.25, 0.3) is 6.08 Å². The predicted octanol–water partition coefficient (Wildman–Crippen LogP) is 3.52. The Labute approximate surface area is 92.0 Å². The summed E-state index contributed by atoms with van der Waals surface area (Å²) in [6.45, 7) is 4.31. The van der Waals surface area contributed by atoms with Crippen LogP contribution in [0.5, 0.6) is 0 Å². The zero-order chi connectivity index (χ0) is 9.84. The predicted molar refractivity (Wildman–Crippen MR) is 64.2 cm³/mol. The summed E-state index contributed by atoms with van der Waals surface area (Å²) in [7, 11) is 1.98. The van der Waals surface area contributed by atoms with Gasteiger partial charge in [0.15, 0.2) is 0 Å². The van der Waals surface area contributed by atoms with Crippen molar-refractivity contribution in [3.8, 4) is 0 Å². The van der Waals surface area contributed by atoms with Gasteiger partial charge in [-0.05, 0) is 53.8 Å². The van der Waals surface area contributed by atoms with Crippen LogP contribution >= 0.6 is 27.3 Å². The average molecular weight is 260 g/mol. The molecule has 0 aromatic carbocycles. The number of rotatable bonds is 3. The fraction of sp³-hybridized carbons (Fsp3) is 0.400. The van der Waals surface area contributed by atoms with Gasteiger partial charge in [0.05, 0.1) is 3.79 Å². The normalized spacial score (nSPS) is 14.6. The smallest absolute Gasteiger partial charge is 0.0704 e. The van der Waals surface area contributed by atoms with Gasteiger partial charge in [0.25, 0.3) is 0 Å². The average Bonchev–Trinajstić information content (AvgIpc) is 2.49. The molecule has 72 valence electrons. The van der Waals surface area contributed by atoms with Crippen LogP contribution in [0, 0.1) is 0 Å². The molecule has 1 aromatic rings. The van der Waals surface area contributed by atoms with E-state index in [-0.39, 0.29) is 0 Å². The molecular formula is C10H14BrNS. The Morgan fingerprint density at radius 2 is 2.38 bits per heavy atom. The van der Waals surface area contributed by atoms with E-state index in [0.29, 0.717) is 6.04 Å². The van der Waals surface area contributed by atoms with Gasteiger partial charge in [-0.15, -0.1) is 11.3 Å². The summed E-state index contributed by atoms with van der Waals surface area (Å²) >= 11 is 5.17. The van der Waals surface area contributed by atoms with Crippen molar-refractivity contribution < 1.29 is 0 Å². The molecule has 3 heteroatoms. The number of likely N-dealkylation sites (N-methyl/N-ethyl adjacent to an activating group) is 1. The van der Waals surface area contributed by atoms with Gasteiger partial charge in [-0.3, -0.25) is 0 Å². The van der Waals surface area contributed by atoms with Gasteiger partial charge in [-0.1, -0.05) is 11.6 Å². The molecule has 0 radical (unpaired) electrons. The molecule has 1 heterocycles. The van der Waals surface area contributed by atoms with Crippen LogP contribution in [-0.4, -0.2) is 13.1 Å². The number of halogens is 1. The lowest BCUT2D eigenvalue weighted by molar-refractivity contribution is 0.696. The third-order valence-corrected chi connectivity index (χ3v) is 3.62. The molecule has 0 aliphatic heterocycles. The molecule has 0 spiro atoms. The first-order chi connectivity index (χ1) is 6.13. The minimum absolute atomic E-state index is 0.443. The highest BCUT2D eigenvalue weighted by Gasteiger charge is 2.00. The summed E-state index contributed by atoms with van der Waals surface area (Å²) in [5.74, 6) is 0. The number of hydrogen-bond donors (Lipinski definition) is 1. The van der Waals surface area contributed by atoms with Gasteiger partial charge in [0.1, 0.15) is 0 Å². The number of nitrogens with one attached hydrogen (secondary N) is 1. The van der Waals surface area contributed by atoms with Gasteiger partial charge in [0, 0.05) is 6.04 Å². The monoisotopic (exact) mass is 259 g/mol. The van der Waals surface area contributed by atoms with E-state index in [1.807, 2.05) is 7.05 Å². The Morgan fingerprint density at radius 1 is 1.69 bits per heavy atom. The lowest BCUT2D eigenvalue weighted by atomic mass is 10.1. The Bertz CT molecular complexity index is 304. The van der Waals surface area contributed by atoms with Crippen LogP contribution in [-0.2, 0) is 0 Å². The van der Waals surface area contributed by atoms with Gasteiger partial charge >= 0.3 is 0 Å². The first-order valence-electron chi connectivity index (χ1n) is 4.23. The standard InChI is InChI=1S/C10H14BrNS/c1-7(8(2)12-3)4-9-5-10(11)13-6-9/h4-6,8,12H,1-3H3/b7-4+.